The van der Waals surface area contributed by atoms with Gasteiger partial charge in [0.2, 0.25) is 5.88 Å². The number of aliphatic hydroxyl groups excluding tert-OH is 1. The summed E-state index contributed by atoms with van der Waals surface area (Å²) >= 11 is 13.9. The number of nitrogens with zero attached hydrogens (tertiary/aromatic N) is 5. The average molecular weight is 730 g/mol. The van der Waals surface area contributed by atoms with Gasteiger partial charge in [0.25, 0.3) is 5.56 Å². The summed E-state index contributed by atoms with van der Waals surface area (Å²) < 4.78 is 6.87. The SMILES string of the molecule is COc1nc(-c2cccc(-c3cccc(Nc4nccc5cnn(C)c(=O)c45)c3Cl)c2Cl)cc2c1CCC2.O=C1NC2(CCNC2)CN1CCO. The number of fused-ring (bicyclic) bond motifs is 2. The summed E-state index contributed by atoms with van der Waals surface area (Å²) in [6.07, 6.45) is 7.31. The van der Waals surface area contributed by atoms with Gasteiger partial charge in [-0.05, 0) is 56.0 Å². The van der Waals surface area contributed by atoms with E-state index in [0.29, 0.717) is 44.7 Å². The van der Waals surface area contributed by atoms with E-state index in [1.165, 1.54) is 15.8 Å². The van der Waals surface area contributed by atoms with Crippen molar-refractivity contribution in [3.8, 4) is 28.3 Å². The number of aliphatic hydroxyl groups is 1. The van der Waals surface area contributed by atoms with Gasteiger partial charge in [0.05, 0.1) is 52.3 Å². The first-order valence-electron chi connectivity index (χ1n) is 16.8. The highest BCUT2D eigenvalue weighted by molar-refractivity contribution is 6.39. The molecular weight excluding hydrogens is 691 g/mol. The Hall–Kier alpha value is -4.75. The van der Waals surface area contributed by atoms with Crippen LogP contribution in [-0.2, 0) is 19.9 Å². The second-order valence-electron chi connectivity index (χ2n) is 12.9. The first-order chi connectivity index (χ1) is 24.7. The normalized spacial score (nSPS) is 17.7. The van der Waals surface area contributed by atoms with Crippen molar-refractivity contribution in [2.24, 2.45) is 7.05 Å². The molecule has 14 heteroatoms. The molecule has 0 radical (unpaired) electrons. The standard InChI is InChI=1S/C29H23Cl2N5O2.C8H15N3O2/c1-36-29(37)24-17(15-33-36)12-13-32-27(24)34-22-11-5-9-20(26(22)31)19-8-4-10-21(25(19)30)23-14-16-6-3-7-18(16)28(35-23)38-2;12-4-3-11-6-8(10-7(11)13)1-2-9-5-8/h4-5,8-15H,3,6-7H2,1-2H3,(H,32,34);9,12H,1-6H2,(H,10,13). The Balaban J connectivity index is 0.000000262. The van der Waals surface area contributed by atoms with E-state index in [1.54, 1.807) is 37.5 Å². The van der Waals surface area contributed by atoms with Gasteiger partial charge in [-0.25, -0.2) is 19.4 Å². The topological polar surface area (TPSA) is 147 Å². The monoisotopic (exact) mass is 728 g/mol. The predicted molar refractivity (Wildman–Crippen MR) is 199 cm³/mol. The highest BCUT2D eigenvalue weighted by atomic mass is 35.5. The number of urea groups is 1. The molecule has 0 bridgehead atoms. The molecule has 4 N–H and O–H groups in total. The zero-order valence-electron chi connectivity index (χ0n) is 28.3. The second-order valence-corrected chi connectivity index (χ2v) is 13.7. The third kappa shape index (κ3) is 6.72. The Morgan fingerprint density at radius 3 is 2.61 bits per heavy atom. The quantitative estimate of drug-likeness (QED) is 0.174. The summed E-state index contributed by atoms with van der Waals surface area (Å²) in [6.45, 7) is 3.01. The van der Waals surface area contributed by atoms with Crippen LogP contribution in [0.2, 0.25) is 10.0 Å². The fraction of sp³-hybridized carbons (Fsp3) is 0.324. The van der Waals surface area contributed by atoms with E-state index in [1.807, 2.05) is 36.4 Å². The second kappa shape index (κ2) is 14.5. The Labute approximate surface area is 304 Å². The molecule has 1 atom stereocenters. The van der Waals surface area contributed by atoms with Crippen LogP contribution < -0.4 is 26.2 Å². The highest BCUT2D eigenvalue weighted by Crippen LogP contribution is 2.43. The number of aryl methyl sites for hydroxylation is 2. The molecule has 1 aliphatic carbocycles. The predicted octanol–water partition coefficient (Wildman–Crippen LogP) is 5.34. The number of ether oxygens (including phenoxy) is 1. The number of β-amino-alcohol motifs (C(OH)–C–C–N with tert-alkyl or cyclic N) is 1. The van der Waals surface area contributed by atoms with Gasteiger partial charge >= 0.3 is 6.03 Å². The highest BCUT2D eigenvalue weighted by Gasteiger charge is 2.43. The molecule has 12 nitrogen and oxygen atoms in total. The Morgan fingerprint density at radius 2 is 1.84 bits per heavy atom. The number of carbonyl (C=O) groups is 1. The van der Waals surface area contributed by atoms with Gasteiger partial charge in [-0.15, -0.1) is 0 Å². The van der Waals surface area contributed by atoms with Crippen LogP contribution in [0.1, 0.15) is 24.0 Å². The van der Waals surface area contributed by atoms with Crippen LogP contribution in [-0.4, -0.2) is 81.2 Å². The molecule has 5 aromatic rings. The molecule has 3 aromatic heterocycles. The van der Waals surface area contributed by atoms with E-state index in [-0.39, 0.29) is 23.7 Å². The smallest absolute Gasteiger partial charge is 0.318 e. The van der Waals surface area contributed by atoms with E-state index >= 15 is 0 Å². The number of halogens is 2. The van der Waals surface area contributed by atoms with Crippen molar-refractivity contribution >= 4 is 51.5 Å². The fourth-order valence-corrected chi connectivity index (χ4v) is 7.69. The molecular formula is C37H38Cl2N8O4. The zero-order valence-corrected chi connectivity index (χ0v) is 29.8. The molecule has 2 saturated heterocycles. The van der Waals surface area contributed by atoms with Gasteiger partial charge in [-0.2, -0.15) is 5.10 Å². The molecule has 1 unspecified atom stereocenters. The number of hydrogen-bond acceptors (Lipinski definition) is 9. The fourth-order valence-electron chi connectivity index (χ4n) is 7.09. The van der Waals surface area contributed by atoms with Crippen LogP contribution in [0.15, 0.2) is 65.7 Å². The van der Waals surface area contributed by atoms with Crippen LogP contribution in [0.3, 0.4) is 0 Å². The molecule has 2 amide bonds. The Morgan fingerprint density at radius 1 is 1.06 bits per heavy atom. The largest absolute Gasteiger partial charge is 0.481 e. The third-order valence-electron chi connectivity index (χ3n) is 9.69. The summed E-state index contributed by atoms with van der Waals surface area (Å²) in [4.78, 5) is 35.1. The number of pyridine rings is 2. The maximum atomic E-state index is 12.8. The van der Waals surface area contributed by atoms with Gasteiger partial charge < -0.3 is 30.7 Å². The molecule has 5 heterocycles. The Kier molecular flexibility index (Phi) is 9.84. The van der Waals surface area contributed by atoms with Crippen molar-refractivity contribution in [2.45, 2.75) is 31.2 Å². The van der Waals surface area contributed by atoms with E-state index in [2.05, 4.69) is 32.1 Å². The van der Waals surface area contributed by atoms with E-state index in [9.17, 15) is 9.59 Å². The number of rotatable bonds is 7. The molecule has 2 fully saturated rings. The average Bonchev–Trinajstić information content (AvgIpc) is 3.88. The van der Waals surface area contributed by atoms with Crippen LogP contribution in [0.5, 0.6) is 5.88 Å². The van der Waals surface area contributed by atoms with Crippen molar-refractivity contribution in [3.05, 3.63) is 92.5 Å². The molecule has 264 valence electrons. The van der Waals surface area contributed by atoms with E-state index in [0.717, 1.165) is 67.7 Å². The summed E-state index contributed by atoms with van der Waals surface area (Å²) in [5.74, 6) is 1.06. The number of benzene rings is 2. The lowest BCUT2D eigenvalue weighted by Gasteiger charge is -2.20. The summed E-state index contributed by atoms with van der Waals surface area (Å²) in [5.41, 5.74) is 5.80. The molecule has 2 aliphatic heterocycles. The number of amides is 2. The number of anilines is 2. The van der Waals surface area contributed by atoms with E-state index in [4.69, 9.17) is 38.0 Å². The van der Waals surface area contributed by atoms with Crippen molar-refractivity contribution in [3.63, 3.8) is 0 Å². The Bertz CT molecular complexity index is 2190. The van der Waals surface area contributed by atoms with Crippen molar-refractivity contribution in [2.75, 3.05) is 45.2 Å². The van der Waals surface area contributed by atoms with Gasteiger partial charge in [-0.3, -0.25) is 4.79 Å². The van der Waals surface area contributed by atoms with Crippen molar-refractivity contribution in [1.29, 1.82) is 0 Å². The minimum Gasteiger partial charge on any atom is -0.481 e. The van der Waals surface area contributed by atoms with Crippen LogP contribution in [0.25, 0.3) is 33.2 Å². The first-order valence-corrected chi connectivity index (χ1v) is 17.6. The molecule has 3 aliphatic rings. The lowest BCUT2D eigenvalue weighted by molar-refractivity contribution is 0.195. The number of carbonyl (C=O) groups excluding carboxylic acids is 1. The summed E-state index contributed by atoms with van der Waals surface area (Å²) in [5, 5.41) is 24.4. The van der Waals surface area contributed by atoms with Crippen LogP contribution >= 0.6 is 23.2 Å². The molecule has 8 rings (SSSR count). The van der Waals surface area contributed by atoms with Gasteiger partial charge in [0.15, 0.2) is 0 Å². The molecule has 2 aromatic carbocycles. The van der Waals surface area contributed by atoms with Crippen LogP contribution in [0.4, 0.5) is 16.3 Å². The van der Waals surface area contributed by atoms with Crippen molar-refractivity contribution in [1.82, 2.24) is 35.3 Å². The molecule has 0 saturated carbocycles. The minimum absolute atomic E-state index is 0.0386. The number of aromatic nitrogens is 4. The summed E-state index contributed by atoms with van der Waals surface area (Å²) in [6, 6.07) is 15.3. The van der Waals surface area contributed by atoms with Crippen molar-refractivity contribution < 1.29 is 14.6 Å². The lowest BCUT2D eigenvalue weighted by Crippen LogP contribution is -2.45. The van der Waals surface area contributed by atoms with E-state index < -0.39 is 0 Å². The van der Waals surface area contributed by atoms with Crippen LogP contribution in [0, 0.1) is 0 Å². The van der Waals surface area contributed by atoms with Gasteiger partial charge in [0, 0.05) is 60.5 Å². The van der Waals surface area contributed by atoms with Gasteiger partial charge in [0.1, 0.15) is 5.82 Å². The third-order valence-corrected chi connectivity index (χ3v) is 10.5. The maximum absolute atomic E-state index is 12.8. The number of methoxy groups -OCH3 is 1. The zero-order chi connectivity index (χ0) is 35.7. The minimum atomic E-state index is -0.251. The number of hydrogen-bond donors (Lipinski definition) is 4. The maximum Gasteiger partial charge on any atom is 0.318 e. The molecule has 1 spiro atoms. The lowest BCUT2D eigenvalue weighted by atomic mass is 9.99. The number of nitrogens with one attached hydrogen (secondary N) is 3. The van der Waals surface area contributed by atoms with Gasteiger partial charge in [-0.1, -0.05) is 53.5 Å². The first kappa shape index (κ1) is 34.7. The summed E-state index contributed by atoms with van der Waals surface area (Å²) in [7, 11) is 3.25. The molecule has 51 heavy (non-hydrogen) atoms.